The maximum absolute atomic E-state index is 11.5. The van der Waals surface area contributed by atoms with Crippen molar-refractivity contribution < 1.29 is 13.6 Å². The lowest BCUT2D eigenvalue weighted by Crippen LogP contribution is -2.06. The number of Topliss-reactive ketones (excluding diaryl/α,β-unsaturated/α-hetero) is 1. The van der Waals surface area contributed by atoms with Gasteiger partial charge in [0.05, 0.1) is 0 Å². The summed E-state index contributed by atoms with van der Waals surface area (Å²) >= 11 is 4.97. The highest BCUT2D eigenvalue weighted by Crippen LogP contribution is 2.28. The minimum atomic E-state index is -2.41. The molecule has 22 heavy (non-hydrogen) atoms. The molecule has 4 nitrogen and oxygen atoms in total. The van der Waals surface area contributed by atoms with E-state index in [1.165, 1.54) is 18.7 Å². The molecule has 0 saturated heterocycles. The zero-order valence-electron chi connectivity index (χ0n) is 11.7. The molecule has 0 heterocycles. The highest BCUT2D eigenvalue weighted by Gasteiger charge is 2.08. The van der Waals surface area contributed by atoms with Gasteiger partial charge in [0, 0.05) is 38.2 Å². The summed E-state index contributed by atoms with van der Waals surface area (Å²) in [5, 5.41) is 0.659. The van der Waals surface area contributed by atoms with Gasteiger partial charge < -0.3 is 9.27 Å². The Balaban J connectivity index is 2.22. The van der Waals surface area contributed by atoms with Crippen LogP contribution in [0.25, 0.3) is 0 Å². The molecule has 0 aromatic heterocycles. The molecule has 1 unspecified atom stereocenters. The lowest BCUT2D eigenvalue weighted by molar-refractivity contribution is 0.101. The summed E-state index contributed by atoms with van der Waals surface area (Å²) in [4.78, 5) is 12.5. The Morgan fingerprint density at radius 3 is 2.55 bits per heavy atom. The molecule has 1 N–H and O–H groups in total. The van der Waals surface area contributed by atoms with Crippen LogP contribution in [0, 0.1) is 0 Å². The molecule has 0 aliphatic rings. The molecule has 0 bridgehead atoms. The zero-order valence-corrected chi connectivity index (χ0v) is 14.1. The Bertz CT molecular complexity index is 704. The van der Waals surface area contributed by atoms with Gasteiger partial charge in [-0.15, -0.1) is 11.8 Å². The number of anilines is 1. The zero-order chi connectivity index (χ0) is 16.1. The number of thioether (sulfide) groups is 1. The minimum Gasteiger partial charge on any atom is -0.755 e. The maximum atomic E-state index is 11.5. The van der Waals surface area contributed by atoms with Gasteiger partial charge in [0.15, 0.2) is 5.78 Å². The molecule has 2 rings (SSSR count). The van der Waals surface area contributed by atoms with E-state index in [1.807, 2.05) is 12.1 Å². The van der Waals surface area contributed by atoms with Crippen molar-refractivity contribution >= 4 is 46.1 Å². The largest absolute Gasteiger partial charge is 0.755 e. The van der Waals surface area contributed by atoms with E-state index in [1.54, 1.807) is 30.3 Å². The molecule has 0 spiro atoms. The third kappa shape index (κ3) is 4.84. The molecule has 0 amide bonds. The number of ketones is 1. The summed E-state index contributed by atoms with van der Waals surface area (Å²) in [6, 6.07) is 12.3. The van der Waals surface area contributed by atoms with Gasteiger partial charge in [-0.3, -0.25) is 9.00 Å². The highest BCUT2D eigenvalue weighted by molar-refractivity contribution is 7.98. The Hall–Kier alpha value is -1.34. The van der Waals surface area contributed by atoms with Crippen LogP contribution in [-0.4, -0.2) is 14.5 Å². The molecule has 2 aromatic carbocycles. The fourth-order valence-corrected chi connectivity index (χ4v) is 3.21. The van der Waals surface area contributed by atoms with Gasteiger partial charge in [-0.05, 0) is 55.0 Å². The molecule has 116 valence electrons. The molecular formula is C15H13ClNO3S2-. The van der Waals surface area contributed by atoms with Gasteiger partial charge in [-0.1, -0.05) is 11.6 Å². The third-order valence-corrected chi connectivity index (χ3v) is 4.61. The second-order valence-electron chi connectivity index (χ2n) is 4.51. The number of nitrogens with one attached hydrogen (secondary N) is 1. The first-order valence-corrected chi connectivity index (χ1v) is 8.77. The summed E-state index contributed by atoms with van der Waals surface area (Å²) in [7, 11) is 0. The SMILES string of the molecule is CC(=O)c1ccc(NS(=O)[O-])c(CSc2ccc(Cl)cc2)c1. The number of hydrogen-bond acceptors (Lipinski definition) is 4. The standard InChI is InChI=1S/C15H14ClNO3S2/c1-10(18)11-2-7-15(17-22(19)20)12(8-11)9-21-14-5-3-13(16)4-6-14/h2-8,17H,9H2,1H3,(H,19,20)/p-1. The molecule has 0 radical (unpaired) electrons. The lowest BCUT2D eigenvalue weighted by atomic mass is 10.1. The second-order valence-corrected chi connectivity index (χ2v) is 6.67. The molecule has 2 aromatic rings. The van der Waals surface area contributed by atoms with E-state index in [0.717, 1.165) is 10.5 Å². The van der Waals surface area contributed by atoms with Crippen LogP contribution >= 0.6 is 23.4 Å². The van der Waals surface area contributed by atoms with Crippen molar-refractivity contribution in [1.29, 1.82) is 0 Å². The second kappa shape index (κ2) is 7.78. The number of halogens is 1. The normalized spacial score (nSPS) is 12.0. The molecule has 7 heteroatoms. The monoisotopic (exact) mass is 354 g/mol. The number of carbonyl (C=O) groups excluding carboxylic acids is 1. The van der Waals surface area contributed by atoms with E-state index in [-0.39, 0.29) is 5.78 Å². The van der Waals surface area contributed by atoms with E-state index < -0.39 is 11.3 Å². The highest BCUT2D eigenvalue weighted by atomic mass is 35.5. The van der Waals surface area contributed by atoms with E-state index >= 15 is 0 Å². The van der Waals surface area contributed by atoms with E-state index in [4.69, 9.17) is 11.6 Å². The topological polar surface area (TPSA) is 69.2 Å². The third-order valence-electron chi connectivity index (χ3n) is 2.91. The molecule has 0 aliphatic heterocycles. The maximum Gasteiger partial charge on any atom is 0.159 e. The van der Waals surface area contributed by atoms with Crippen LogP contribution < -0.4 is 4.72 Å². The van der Waals surface area contributed by atoms with Gasteiger partial charge in [0.2, 0.25) is 0 Å². The van der Waals surface area contributed by atoms with Crippen molar-refractivity contribution in [1.82, 2.24) is 0 Å². The quantitative estimate of drug-likeness (QED) is 0.483. The molecule has 0 saturated carbocycles. The lowest BCUT2D eigenvalue weighted by Gasteiger charge is -2.14. The predicted molar refractivity (Wildman–Crippen MR) is 90.0 cm³/mol. The van der Waals surface area contributed by atoms with E-state index in [2.05, 4.69) is 4.72 Å². The van der Waals surface area contributed by atoms with Crippen molar-refractivity contribution in [2.45, 2.75) is 17.6 Å². The van der Waals surface area contributed by atoms with E-state index in [9.17, 15) is 13.6 Å². The first kappa shape index (κ1) is 17.0. The summed E-state index contributed by atoms with van der Waals surface area (Å²) in [6.45, 7) is 1.48. The van der Waals surface area contributed by atoms with Crippen molar-refractivity contribution in [2.75, 3.05) is 4.72 Å². The van der Waals surface area contributed by atoms with Gasteiger partial charge in [0.25, 0.3) is 0 Å². The molecule has 0 aliphatic carbocycles. The average Bonchev–Trinajstić information content (AvgIpc) is 2.47. The summed E-state index contributed by atoms with van der Waals surface area (Å²) in [6.07, 6.45) is 0. The van der Waals surface area contributed by atoms with Gasteiger partial charge in [-0.25, -0.2) is 0 Å². The van der Waals surface area contributed by atoms with Crippen LogP contribution in [0.2, 0.25) is 5.02 Å². The van der Waals surface area contributed by atoms with Crippen molar-refractivity contribution in [3.05, 3.63) is 58.6 Å². The molecule has 1 atom stereocenters. The van der Waals surface area contributed by atoms with Crippen LogP contribution in [0.4, 0.5) is 5.69 Å². The average molecular weight is 355 g/mol. The van der Waals surface area contributed by atoms with Gasteiger partial charge in [0.1, 0.15) is 0 Å². The fraction of sp³-hybridized carbons (Fsp3) is 0.133. The van der Waals surface area contributed by atoms with Gasteiger partial charge >= 0.3 is 0 Å². The van der Waals surface area contributed by atoms with E-state index in [0.29, 0.717) is 22.0 Å². The number of carbonyl (C=O) groups is 1. The number of rotatable bonds is 6. The van der Waals surface area contributed by atoms with Crippen molar-refractivity contribution in [3.8, 4) is 0 Å². The van der Waals surface area contributed by atoms with Crippen LogP contribution in [0.15, 0.2) is 47.4 Å². The predicted octanol–water partition coefficient (Wildman–Crippen LogP) is 4.04. The van der Waals surface area contributed by atoms with Crippen LogP contribution in [0.5, 0.6) is 0 Å². The van der Waals surface area contributed by atoms with Crippen LogP contribution in [0.1, 0.15) is 22.8 Å². The van der Waals surface area contributed by atoms with Crippen molar-refractivity contribution in [3.63, 3.8) is 0 Å². The van der Waals surface area contributed by atoms with Gasteiger partial charge in [-0.2, -0.15) is 0 Å². The summed E-state index contributed by atoms with van der Waals surface area (Å²) in [5.41, 5.74) is 1.77. The first-order valence-electron chi connectivity index (χ1n) is 6.34. The molecular weight excluding hydrogens is 342 g/mol. The Morgan fingerprint density at radius 2 is 1.95 bits per heavy atom. The number of hydrogen-bond donors (Lipinski definition) is 1. The summed E-state index contributed by atoms with van der Waals surface area (Å²) < 4.78 is 24.1. The Labute approximate surface area is 140 Å². The fourth-order valence-electron chi connectivity index (χ4n) is 1.81. The first-order chi connectivity index (χ1) is 10.5. The smallest absolute Gasteiger partial charge is 0.159 e. The van der Waals surface area contributed by atoms with Crippen molar-refractivity contribution in [2.24, 2.45) is 0 Å². The minimum absolute atomic E-state index is 0.0625. The summed E-state index contributed by atoms with van der Waals surface area (Å²) in [5.74, 6) is 0.468. The van der Waals surface area contributed by atoms with Crippen LogP contribution in [0.3, 0.4) is 0 Å². The Morgan fingerprint density at radius 1 is 1.27 bits per heavy atom. The Kier molecular flexibility index (Phi) is 6.02. The number of benzene rings is 2. The van der Waals surface area contributed by atoms with Crippen LogP contribution in [-0.2, 0) is 17.0 Å². The molecule has 0 fully saturated rings.